The Hall–Kier alpha value is -2.23. The maximum atomic E-state index is 12.7. The maximum absolute atomic E-state index is 12.7. The van der Waals surface area contributed by atoms with E-state index in [2.05, 4.69) is 4.98 Å². The number of fused-ring (bicyclic) bond motifs is 1. The van der Waals surface area contributed by atoms with Crippen LogP contribution in [0.4, 0.5) is 13.2 Å². The molecule has 0 aliphatic carbocycles. The van der Waals surface area contributed by atoms with E-state index in [0.717, 1.165) is 22.9 Å². The highest BCUT2D eigenvalue weighted by Crippen LogP contribution is 2.32. The van der Waals surface area contributed by atoms with Gasteiger partial charge in [-0.25, -0.2) is 0 Å². The second-order valence-electron chi connectivity index (χ2n) is 4.85. The van der Waals surface area contributed by atoms with Crippen LogP contribution in [-0.2, 0) is 6.18 Å². The molecule has 0 unspecified atom stereocenters. The molecule has 0 radical (unpaired) electrons. The Bertz CT molecular complexity index is 751. The lowest BCUT2D eigenvalue weighted by Gasteiger charge is -2.05. The smallest absolute Gasteiger partial charge is 0.355 e. The number of aryl methyl sites for hydroxylation is 1. The molecule has 1 heterocycles. The second-order valence-corrected chi connectivity index (χ2v) is 4.85. The third kappa shape index (κ3) is 2.29. The molecule has 0 atom stereocenters. The normalized spacial score (nSPS) is 12.0. The van der Waals surface area contributed by atoms with Crippen LogP contribution in [0.25, 0.3) is 22.2 Å². The summed E-state index contributed by atoms with van der Waals surface area (Å²) in [6.45, 7) is 1.99. The van der Waals surface area contributed by atoms with Gasteiger partial charge in [-0.05, 0) is 36.8 Å². The van der Waals surface area contributed by atoms with Crippen molar-refractivity contribution < 1.29 is 13.2 Å². The summed E-state index contributed by atoms with van der Waals surface area (Å²) in [6, 6.07) is 13.3. The molecule has 1 nitrogen and oxygen atoms in total. The zero-order valence-corrected chi connectivity index (χ0v) is 10.8. The highest BCUT2D eigenvalue weighted by atomic mass is 19.4. The number of halogens is 3. The summed E-state index contributed by atoms with van der Waals surface area (Å²) in [5.74, 6) is 0. The zero-order chi connectivity index (χ0) is 14.3. The topological polar surface area (TPSA) is 15.8 Å². The molecule has 0 aliphatic heterocycles. The minimum Gasteiger partial charge on any atom is -0.355 e. The number of benzene rings is 2. The molecule has 20 heavy (non-hydrogen) atoms. The average Bonchev–Trinajstić information content (AvgIpc) is 2.81. The summed E-state index contributed by atoms with van der Waals surface area (Å²) in [4.78, 5) is 3.14. The Morgan fingerprint density at radius 3 is 2.25 bits per heavy atom. The van der Waals surface area contributed by atoms with Crippen molar-refractivity contribution in [2.45, 2.75) is 13.1 Å². The predicted octanol–water partition coefficient (Wildman–Crippen LogP) is 5.16. The van der Waals surface area contributed by atoms with E-state index < -0.39 is 11.7 Å². The van der Waals surface area contributed by atoms with Crippen LogP contribution in [0, 0.1) is 6.92 Å². The van der Waals surface area contributed by atoms with Crippen molar-refractivity contribution in [3.05, 3.63) is 59.7 Å². The van der Waals surface area contributed by atoms with Gasteiger partial charge in [0.25, 0.3) is 0 Å². The first kappa shape index (κ1) is 12.8. The zero-order valence-electron chi connectivity index (χ0n) is 10.8. The number of nitrogens with one attached hydrogen (secondary N) is 1. The average molecular weight is 275 g/mol. The van der Waals surface area contributed by atoms with Crippen LogP contribution in [-0.4, -0.2) is 4.98 Å². The van der Waals surface area contributed by atoms with Gasteiger partial charge in [-0.15, -0.1) is 0 Å². The van der Waals surface area contributed by atoms with Gasteiger partial charge in [-0.1, -0.05) is 29.8 Å². The van der Waals surface area contributed by atoms with E-state index >= 15 is 0 Å². The molecule has 0 saturated heterocycles. The lowest BCUT2D eigenvalue weighted by Crippen LogP contribution is -2.03. The number of aromatic amines is 1. The van der Waals surface area contributed by atoms with Gasteiger partial charge in [-0.2, -0.15) is 13.2 Å². The van der Waals surface area contributed by atoms with E-state index in [1.807, 2.05) is 31.2 Å². The molecule has 1 aromatic heterocycles. The van der Waals surface area contributed by atoms with Gasteiger partial charge in [0.05, 0.1) is 5.56 Å². The highest BCUT2D eigenvalue weighted by Gasteiger charge is 2.30. The van der Waals surface area contributed by atoms with Gasteiger partial charge in [0.2, 0.25) is 0 Å². The van der Waals surface area contributed by atoms with Gasteiger partial charge in [0, 0.05) is 16.6 Å². The van der Waals surface area contributed by atoms with Gasteiger partial charge in [0.1, 0.15) is 0 Å². The van der Waals surface area contributed by atoms with E-state index in [1.54, 1.807) is 6.07 Å². The summed E-state index contributed by atoms with van der Waals surface area (Å²) in [6.07, 6.45) is -4.31. The van der Waals surface area contributed by atoms with Crippen molar-refractivity contribution in [1.82, 2.24) is 4.98 Å². The Labute approximate surface area is 114 Å². The van der Waals surface area contributed by atoms with Crippen molar-refractivity contribution in [1.29, 1.82) is 0 Å². The second kappa shape index (κ2) is 4.40. The number of hydrogen-bond acceptors (Lipinski definition) is 0. The van der Waals surface area contributed by atoms with Crippen LogP contribution < -0.4 is 0 Å². The summed E-state index contributed by atoms with van der Waals surface area (Å²) >= 11 is 0. The quantitative estimate of drug-likeness (QED) is 0.631. The lowest BCUT2D eigenvalue weighted by molar-refractivity contribution is -0.137. The largest absolute Gasteiger partial charge is 0.416 e. The first-order chi connectivity index (χ1) is 9.43. The number of aromatic nitrogens is 1. The standard InChI is InChI=1S/C16H12F3N/c1-10-2-4-11(5-3-10)15-9-12-8-13(16(17,18)19)6-7-14(12)20-15/h2-9,20H,1H3. The first-order valence-corrected chi connectivity index (χ1v) is 6.20. The van der Waals surface area contributed by atoms with Gasteiger partial charge in [-0.3, -0.25) is 0 Å². The molecule has 0 bridgehead atoms. The predicted molar refractivity (Wildman–Crippen MR) is 73.5 cm³/mol. The van der Waals surface area contributed by atoms with E-state index in [4.69, 9.17) is 0 Å². The van der Waals surface area contributed by atoms with E-state index in [9.17, 15) is 13.2 Å². The molecule has 1 N–H and O–H groups in total. The fourth-order valence-corrected chi connectivity index (χ4v) is 2.20. The van der Waals surface area contributed by atoms with Gasteiger partial charge >= 0.3 is 6.18 Å². The minimum atomic E-state index is -4.31. The summed E-state index contributed by atoms with van der Waals surface area (Å²) in [5, 5.41) is 0.565. The van der Waals surface area contributed by atoms with Crippen LogP contribution in [0.5, 0.6) is 0 Å². The van der Waals surface area contributed by atoms with Gasteiger partial charge < -0.3 is 4.98 Å². The SMILES string of the molecule is Cc1ccc(-c2cc3cc(C(F)(F)F)ccc3[nH]2)cc1. The molecule has 3 rings (SSSR count). The number of alkyl halides is 3. The van der Waals surface area contributed by atoms with Crippen molar-refractivity contribution in [2.24, 2.45) is 0 Å². The van der Waals surface area contributed by atoms with E-state index in [1.165, 1.54) is 12.1 Å². The van der Waals surface area contributed by atoms with Crippen molar-refractivity contribution in [3.8, 4) is 11.3 Å². The summed E-state index contributed by atoms with van der Waals surface area (Å²) in [7, 11) is 0. The molecule has 2 aromatic carbocycles. The van der Waals surface area contributed by atoms with Crippen molar-refractivity contribution in [2.75, 3.05) is 0 Å². The van der Waals surface area contributed by atoms with Crippen LogP contribution >= 0.6 is 0 Å². The van der Waals surface area contributed by atoms with Crippen LogP contribution in [0.3, 0.4) is 0 Å². The Kier molecular flexibility index (Phi) is 2.82. The fourth-order valence-electron chi connectivity index (χ4n) is 2.20. The van der Waals surface area contributed by atoms with Crippen molar-refractivity contribution in [3.63, 3.8) is 0 Å². The third-order valence-corrected chi connectivity index (χ3v) is 3.31. The molecule has 0 aliphatic rings. The monoisotopic (exact) mass is 275 g/mol. The van der Waals surface area contributed by atoms with Crippen LogP contribution in [0.1, 0.15) is 11.1 Å². The molecule has 0 amide bonds. The molecule has 4 heteroatoms. The molecule has 0 saturated carbocycles. The molecule has 3 aromatic rings. The van der Waals surface area contributed by atoms with E-state index in [0.29, 0.717) is 10.9 Å². The number of rotatable bonds is 1. The molecule has 102 valence electrons. The Morgan fingerprint density at radius 1 is 0.900 bits per heavy atom. The number of H-pyrrole nitrogens is 1. The molecule has 0 fully saturated rings. The van der Waals surface area contributed by atoms with E-state index in [-0.39, 0.29) is 0 Å². The maximum Gasteiger partial charge on any atom is 0.416 e. The Balaban J connectivity index is 2.09. The first-order valence-electron chi connectivity index (χ1n) is 6.20. The minimum absolute atomic E-state index is 0.565. The molecule has 0 spiro atoms. The van der Waals surface area contributed by atoms with Crippen LogP contribution in [0.15, 0.2) is 48.5 Å². The summed E-state index contributed by atoms with van der Waals surface area (Å²) in [5.41, 5.74) is 3.00. The molecular weight excluding hydrogens is 263 g/mol. The van der Waals surface area contributed by atoms with Gasteiger partial charge in [0.15, 0.2) is 0 Å². The summed E-state index contributed by atoms with van der Waals surface area (Å²) < 4.78 is 38.0. The Morgan fingerprint density at radius 2 is 1.60 bits per heavy atom. The highest BCUT2D eigenvalue weighted by molar-refractivity contribution is 5.86. The lowest BCUT2D eigenvalue weighted by atomic mass is 10.1. The fraction of sp³-hybridized carbons (Fsp3) is 0.125. The number of hydrogen-bond donors (Lipinski definition) is 1. The van der Waals surface area contributed by atoms with Crippen LogP contribution in [0.2, 0.25) is 0 Å². The van der Waals surface area contributed by atoms with Crippen molar-refractivity contribution >= 4 is 10.9 Å². The third-order valence-electron chi connectivity index (χ3n) is 3.31. The molecular formula is C16H12F3N.